The molecule has 4 heteroatoms. The zero-order valence-electron chi connectivity index (χ0n) is 13.4. The van der Waals surface area contributed by atoms with Gasteiger partial charge >= 0.3 is 0 Å². The molecule has 0 saturated heterocycles. The van der Waals surface area contributed by atoms with Gasteiger partial charge in [0.05, 0.1) is 5.60 Å². The number of hydrogen-bond donors (Lipinski definition) is 1. The molecule has 1 aromatic carbocycles. The van der Waals surface area contributed by atoms with Gasteiger partial charge in [-0.1, -0.05) is 6.07 Å². The van der Waals surface area contributed by atoms with E-state index < -0.39 is 0 Å². The highest BCUT2D eigenvalue weighted by Gasteiger charge is 2.20. The molecule has 0 aliphatic rings. The molecule has 0 heterocycles. The maximum absolute atomic E-state index is 11.9. The van der Waals surface area contributed by atoms with Crippen molar-refractivity contribution >= 4 is 11.6 Å². The van der Waals surface area contributed by atoms with Crippen LogP contribution in [0.1, 0.15) is 37.6 Å². The molecule has 1 amide bonds. The normalized spacial score (nSPS) is 12.9. The molecule has 20 heavy (non-hydrogen) atoms. The van der Waals surface area contributed by atoms with E-state index in [-0.39, 0.29) is 17.6 Å². The largest absolute Gasteiger partial charge is 0.382 e. The highest BCUT2D eigenvalue weighted by atomic mass is 16.5. The number of nitrogens with zero attached hydrogens (tertiary/aromatic N) is 1. The number of ether oxygens (including phenoxy) is 1. The molecule has 1 unspecified atom stereocenters. The minimum Gasteiger partial charge on any atom is -0.382 e. The van der Waals surface area contributed by atoms with Crippen LogP contribution in [0.15, 0.2) is 24.3 Å². The number of anilines is 1. The summed E-state index contributed by atoms with van der Waals surface area (Å²) in [7, 11) is 5.24. The second-order valence-corrected chi connectivity index (χ2v) is 5.99. The van der Waals surface area contributed by atoms with Gasteiger partial charge in [-0.3, -0.25) is 4.79 Å². The fourth-order valence-electron chi connectivity index (χ4n) is 2.16. The third-order valence-corrected chi connectivity index (χ3v) is 3.28. The summed E-state index contributed by atoms with van der Waals surface area (Å²) in [5, 5.41) is 3.42. The van der Waals surface area contributed by atoms with E-state index in [1.165, 1.54) is 0 Å². The van der Waals surface area contributed by atoms with Crippen molar-refractivity contribution < 1.29 is 9.53 Å². The number of rotatable bonds is 6. The Bertz CT molecular complexity index is 456. The molecule has 4 nitrogen and oxygen atoms in total. The predicted molar refractivity (Wildman–Crippen MR) is 83.2 cm³/mol. The number of nitrogens with one attached hydrogen (secondary N) is 1. The third kappa shape index (κ3) is 4.85. The van der Waals surface area contributed by atoms with Crippen molar-refractivity contribution in [3.8, 4) is 0 Å². The van der Waals surface area contributed by atoms with Gasteiger partial charge in [0.25, 0.3) is 5.91 Å². The van der Waals surface area contributed by atoms with E-state index in [1.807, 2.05) is 24.3 Å². The highest BCUT2D eigenvalue weighted by molar-refractivity contribution is 5.94. The van der Waals surface area contributed by atoms with Crippen molar-refractivity contribution in [2.45, 2.75) is 38.8 Å². The van der Waals surface area contributed by atoms with Crippen LogP contribution >= 0.6 is 0 Å². The average Bonchev–Trinajstić information content (AvgIpc) is 2.37. The lowest BCUT2D eigenvalue weighted by molar-refractivity contribution is 0.0128. The Balaban J connectivity index is 2.74. The Morgan fingerprint density at radius 3 is 2.60 bits per heavy atom. The molecule has 0 radical (unpaired) electrons. The number of amides is 1. The van der Waals surface area contributed by atoms with E-state index in [2.05, 4.69) is 26.1 Å². The Morgan fingerprint density at radius 2 is 2.05 bits per heavy atom. The lowest BCUT2D eigenvalue weighted by atomic mass is 9.99. The topological polar surface area (TPSA) is 41.6 Å². The number of benzene rings is 1. The minimum atomic E-state index is -0.163. The molecular weight excluding hydrogens is 252 g/mol. The first-order valence-electron chi connectivity index (χ1n) is 6.88. The van der Waals surface area contributed by atoms with Crippen LogP contribution in [-0.2, 0) is 4.74 Å². The van der Waals surface area contributed by atoms with Gasteiger partial charge in [-0.05, 0) is 45.4 Å². The third-order valence-electron chi connectivity index (χ3n) is 3.28. The second-order valence-electron chi connectivity index (χ2n) is 5.99. The number of carbonyl (C=O) groups is 1. The molecule has 0 spiro atoms. The molecule has 1 atom stereocenters. The zero-order valence-corrected chi connectivity index (χ0v) is 13.4. The number of hydrogen-bond acceptors (Lipinski definition) is 3. The molecule has 0 aliphatic carbocycles. The highest BCUT2D eigenvalue weighted by Crippen LogP contribution is 2.19. The van der Waals surface area contributed by atoms with Crippen LogP contribution in [-0.4, -0.2) is 43.7 Å². The van der Waals surface area contributed by atoms with Gasteiger partial charge in [0.2, 0.25) is 0 Å². The molecule has 1 aromatic rings. The number of carbonyl (C=O) groups excluding carboxylic acids is 1. The Labute approximate surface area is 122 Å². The molecular formula is C16H26N2O2. The second kappa shape index (κ2) is 6.75. The first-order chi connectivity index (χ1) is 9.25. The predicted octanol–water partition coefficient (Wildman–Crippen LogP) is 3.00. The van der Waals surface area contributed by atoms with Gasteiger partial charge in [-0.25, -0.2) is 0 Å². The van der Waals surface area contributed by atoms with Crippen LogP contribution in [0.5, 0.6) is 0 Å². The summed E-state index contributed by atoms with van der Waals surface area (Å²) >= 11 is 0. The molecule has 1 N–H and O–H groups in total. The molecule has 0 bridgehead atoms. The molecule has 112 valence electrons. The van der Waals surface area contributed by atoms with Gasteiger partial charge in [0.1, 0.15) is 0 Å². The summed E-state index contributed by atoms with van der Waals surface area (Å²) in [6.07, 6.45) is 0.884. The van der Waals surface area contributed by atoms with Gasteiger partial charge in [-0.2, -0.15) is 0 Å². The fourth-order valence-corrected chi connectivity index (χ4v) is 2.16. The molecule has 0 aliphatic heterocycles. The van der Waals surface area contributed by atoms with Crippen molar-refractivity contribution in [3.05, 3.63) is 29.8 Å². The molecule has 0 saturated carbocycles. The lowest BCUT2D eigenvalue weighted by Gasteiger charge is -2.27. The van der Waals surface area contributed by atoms with Crippen LogP contribution in [0.25, 0.3) is 0 Å². The van der Waals surface area contributed by atoms with E-state index in [0.717, 1.165) is 12.1 Å². The molecule has 1 rings (SSSR count). The van der Waals surface area contributed by atoms with Crippen molar-refractivity contribution in [1.82, 2.24) is 4.90 Å². The lowest BCUT2D eigenvalue weighted by Crippen LogP contribution is -2.31. The number of methoxy groups -OCH3 is 1. The van der Waals surface area contributed by atoms with Crippen LogP contribution in [0, 0.1) is 0 Å². The monoisotopic (exact) mass is 278 g/mol. The smallest absolute Gasteiger partial charge is 0.253 e. The SMILES string of the molecule is COC(C)(C)CC(C)Nc1cccc(C(=O)N(C)C)c1. The van der Waals surface area contributed by atoms with Crippen LogP contribution < -0.4 is 5.32 Å². The van der Waals surface area contributed by atoms with Crippen molar-refractivity contribution in [2.75, 3.05) is 26.5 Å². The summed E-state index contributed by atoms with van der Waals surface area (Å²) in [4.78, 5) is 13.5. The summed E-state index contributed by atoms with van der Waals surface area (Å²) in [6.45, 7) is 6.25. The van der Waals surface area contributed by atoms with Gasteiger partial charge in [-0.15, -0.1) is 0 Å². The van der Waals surface area contributed by atoms with Gasteiger partial charge in [0, 0.05) is 38.5 Å². The standard InChI is InChI=1S/C16H26N2O2/c1-12(11-16(2,3)20-6)17-14-9-7-8-13(10-14)15(19)18(4)5/h7-10,12,17H,11H2,1-6H3. The van der Waals surface area contributed by atoms with Crippen LogP contribution in [0.4, 0.5) is 5.69 Å². The van der Waals surface area contributed by atoms with E-state index >= 15 is 0 Å². The summed E-state index contributed by atoms with van der Waals surface area (Å²) in [6, 6.07) is 7.85. The minimum absolute atomic E-state index is 0.0125. The van der Waals surface area contributed by atoms with Crippen LogP contribution in [0.2, 0.25) is 0 Å². The van der Waals surface area contributed by atoms with Crippen molar-refractivity contribution in [3.63, 3.8) is 0 Å². The first kappa shape index (κ1) is 16.5. The maximum atomic E-state index is 11.9. The Hall–Kier alpha value is -1.55. The first-order valence-corrected chi connectivity index (χ1v) is 6.88. The van der Waals surface area contributed by atoms with Crippen molar-refractivity contribution in [2.24, 2.45) is 0 Å². The van der Waals surface area contributed by atoms with Crippen molar-refractivity contribution in [1.29, 1.82) is 0 Å². The quantitative estimate of drug-likeness (QED) is 0.869. The van der Waals surface area contributed by atoms with Gasteiger partial charge < -0.3 is 15.0 Å². The van der Waals surface area contributed by atoms with E-state index in [9.17, 15) is 4.79 Å². The van der Waals surface area contributed by atoms with E-state index in [4.69, 9.17) is 4.74 Å². The summed E-state index contributed by atoms with van der Waals surface area (Å²) in [5.41, 5.74) is 1.49. The molecule has 0 aromatic heterocycles. The summed E-state index contributed by atoms with van der Waals surface area (Å²) < 4.78 is 5.44. The van der Waals surface area contributed by atoms with E-state index in [1.54, 1.807) is 26.1 Å². The Kier molecular flexibility index (Phi) is 5.57. The van der Waals surface area contributed by atoms with E-state index in [0.29, 0.717) is 5.56 Å². The van der Waals surface area contributed by atoms with Gasteiger partial charge in [0.15, 0.2) is 0 Å². The zero-order chi connectivity index (χ0) is 15.3. The maximum Gasteiger partial charge on any atom is 0.253 e. The average molecular weight is 278 g/mol. The summed E-state index contributed by atoms with van der Waals surface area (Å²) in [5.74, 6) is 0.0125. The van der Waals surface area contributed by atoms with Crippen LogP contribution in [0.3, 0.4) is 0 Å². The molecule has 0 fully saturated rings. The fraction of sp³-hybridized carbons (Fsp3) is 0.562. The Morgan fingerprint density at radius 1 is 1.40 bits per heavy atom.